The molecule has 4 aromatic rings. The van der Waals surface area contributed by atoms with Crippen LogP contribution in [0.15, 0.2) is 85.7 Å². The van der Waals surface area contributed by atoms with Gasteiger partial charge in [-0.1, -0.05) is 6.07 Å². The molecule has 0 amide bonds. The van der Waals surface area contributed by atoms with Gasteiger partial charge in [0, 0.05) is 37.2 Å². The Hall–Kier alpha value is -3.14. The lowest BCUT2D eigenvalue weighted by molar-refractivity contribution is 1.00. The molecule has 0 saturated heterocycles. The highest BCUT2D eigenvalue weighted by Crippen LogP contribution is 2.06. The normalized spacial score (nSPS) is 10.1. The molecule has 4 heteroatoms. The second-order valence-electron chi connectivity index (χ2n) is 5.57. The topological polar surface area (TPSA) is 35.6 Å². The van der Waals surface area contributed by atoms with Crippen molar-refractivity contribution in [3.05, 3.63) is 96.8 Å². The van der Waals surface area contributed by atoms with Gasteiger partial charge < -0.3 is 9.13 Å². The average molecular weight is 316 g/mol. The summed E-state index contributed by atoms with van der Waals surface area (Å²) >= 11 is 0. The summed E-state index contributed by atoms with van der Waals surface area (Å²) in [5.74, 6) is 1.94. The maximum atomic E-state index is 4.28. The molecule has 4 aromatic heterocycles. The molecule has 120 valence electrons. The van der Waals surface area contributed by atoms with E-state index in [1.807, 2.05) is 89.6 Å². The molecular weight excluding hydrogens is 296 g/mol. The quantitative estimate of drug-likeness (QED) is 0.551. The van der Waals surface area contributed by atoms with E-state index in [1.54, 1.807) is 0 Å². The largest absolute Gasteiger partial charge is 0.309 e. The average Bonchev–Trinajstić information content (AvgIpc) is 3.30. The summed E-state index contributed by atoms with van der Waals surface area (Å²) in [5, 5.41) is 0. The third kappa shape index (κ3) is 3.98. The van der Waals surface area contributed by atoms with Gasteiger partial charge in [-0.25, -0.2) is 9.97 Å². The first kappa shape index (κ1) is 15.7. The Bertz CT molecular complexity index is 860. The number of pyridine rings is 2. The number of aromatic nitrogens is 4. The second kappa shape index (κ2) is 7.42. The van der Waals surface area contributed by atoms with Crippen LogP contribution in [0.1, 0.15) is 11.1 Å². The van der Waals surface area contributed by atoms with Crippen molar-refractivity contribution in [2.45, 2.75) is 13.8 Å². The van der Waals surface area contributed by atoms with Crippen molar-refractivity contribution in [1.29, 1.82) is 0 Å². The van der Waals surface area contributed by atoms with Crippen molar-refractivity contribution in [3.8, 4) is 11.6 Å². The van der Waals surface area contributed by atoms with Crippen LogP contribution in [0.5, 0.6) is 0 Å². The maximum Gasteiger partial charge on any atom is 0.136 e. The van der Waals surface area contributed by atoms with E-state index in [-0.39, 0.29) is 0 Å². The zero-order chi connectivity index (χ0) is 16.8. The van der Waals surface area contributed by atoms with E-state index in [0.29, 0.717) is 0 Å². The molecule has 4 heterocycles. The molecule has 0 aliphatic heterocycles. The molecule has 0 aliphatic rings. The summed E-state index contributed by atoms with van der Waals surface area (Å²) in [7, 11) is 0. The van der Waals surface area contributed by atoms with Gasteiger partial charge in [0.15, 0.2) is 0 Å². The molecular formula is C20H20N4. The van der Waals surface area contributed by atoms with Crippen LogP contribution in [0.2, 0.25) is 0 Å². The van der Waals surface area contributed by atoms with Crippen LogP contribution >= 0.6 is 0 Å². The minimum Gasteiger partial charge on any atom is -0.309 e. The van der Waals surface area contributed by atoms with Crippen molar-refractivity contribution >= 4 is 0 Å². The van der Waals surface area contributed by atoms with Gasteiger partial charge in [0.1, 0.15) is 11.6 Å². The predicted molar refractivity (Wildman–Crippen MR) is 96.6 cm³/mol. The molecule has 0 aliphatic carbocycles. The van der Waals surface area contributed by atoms with Crippen LogP contribution in [0.25, 0.3) is 11.6 Å². The van der Waals surface area contributed by atoms with Gasteiger partial charge in [0.05, 0.1) is 0 Å². The highest BCUT2D eigenvalue weighted by molar-refractivity contribution is 5.27. The van der Waals surface area contributed by atoms with Gasteiger partial charge in [-0.2, -0.15) is 0 Å². The first-order chi connectivity index (χ1) is 11.7. The van der Waals surface area contributed by atoms with Crippen LogP contribution in [0.3, 0.4) is 0 Å². The highest BCUT2D eigenvalue weighted by Gasteiger charge is 1.94. The molecule has 0 unspecified atom stereocenters. The summed E-state index contributed by atoms with van der Waals surface area (Å²) in [6.07, 6.45) is 11.6. The summed E-state index contributed by atoms with van der Waals surface area (Å²) in [6.45, 7) is 4.10. The fourth-order valence-electron chi connectivity index (χ4n) is 2.25. The number of nitrogens with zero attached hydrogens (tertiary/aromatic N) is 4. The van der Waals surface area contributed by atoms with Crippen molar-refractivity contribution in [3.63, 3.8) is 0 Å². The standard InChI is InChI=1S/2C10H10N2/c1-9-4-5-11-10(8-9)12-6-2-3-7-12;1-9-4-5-10(11-8-9)12-6-2-3-7-12/h2*2-8H,1H3. The van der Waals surface area contributed by atoms with Gasteiger partial charge in [-0.15, -0.1) is 0 Å². The first-order valence-electron chi connectivity index (χ1n) is 7.84. The monoisotopic (exact) mass is 316 g/mol. The number of hydrogen-bond donors (Lipinski definition) is 0. The lowest BCUT2D eigenvalue weighted by Crippen LogP contribution is -1.93. The van der Waals surface area contributed by atoms with E-state index in [4.69, 9.17) is 0 Å². The van der Waals surface area contributed by atoms with Crippen molar-refractivity contribution < 1.29 is 0 Å². The Kier molecular flexibility index (Phi) is 4.87. The summed E-state index contributed by atoms with van der Waals surface area (Å²) in [4.78, 5) is 8.53. The molecule has 0 aromatic carbocycles. The zero-order valence-corrected chi connectivity index (χ0v) is 13.9. The van der Waals surface area contributed by atoms with Gasteiger partial charge >= 0.3 is 0 Å². The van der Waals surface area contributed by atoms with Crippen LogP contribution in [0.4, 0.5) is 0 Å². The third-order valence-electron chi connectivity index (χ3n) is 3.53. The Morgan fingerprint density at radius 1 is 0.667 bits per heavy atom. The molecule has 0 bridgehead atoms. The SMILES string of the molecule is Cc1ccc(-n2cccc2)nc1.Cc1ccnc(-n2cccc2)c1. The number of hydrogen-bond acceptors (Lipinski definition) is 2. The lowest BCUT2D eigenvalue weighted by Gasteiger charge is -2.01. The Morgan fingerprint density at radius 3 is 1.83 bits per heavy atom. The third-order valence-corrected chi connectivity index (χ3v) is 3.53. The van der Waals surface area contributed by atoms with Gasteiger partial charge in [-0.05, 0) is 67.4 Å². The van der Waals surface area contributed by atoms with E-state index < -0.39 is 0 Å². The number of rotatable bonds is 2. The highest BCUT2D eigenvalue weighted by atomic mass is 15.0. The fourth-order valence-corrected chi connectivity index (χ4v) is 2.25. The molecule has 0 radical (unpaired) electrons. The minimum atomic E-state index is 0.964. The van der Waals surface area contributed by atoms with E-state index in [0.717, 1.165) is 11.6 Å². The lowest BCUT2D eigenvalue weighted by atomic mass is 10.3. The Morgan fingerprint density at radius 2 is 1.29 bits per heavy atom. The van der Waals surface area contributed by atoms with Crippen LogP contribution in [-0.2, 0) is 0 Å². The summed E-state index contributed by atoms with van der Waals surface area (Å²) in [6, 6.07) is 16.1. The zero-order valence-electron chi connectivity index (χ0n) is 13.9. The fraction of sp³-hybridized carbons (Fsp3) is 0.100. The molecule has 0 saturated carbocycles. The maximum absolute atomic E-state index is 4.28. The molecule has 0 spiro atoms. The van der Waals surface area contributed by atoms with E-state index >= 15 is 0 Å². The Labute approximate surface area is 142 Å². The van der Waals surface area contributed by atoms with E-state index in [2.05, 4.69) is 29.0 Å². The molecule has 4 rings (SSSR count). The summed E-state index contributed by atoms with van der Waals surface area (Å²) in [5.41, 5.74) is 2.42. The van der Waals surface area contributed by atoms with Crippen LogP contribution < -0.4 is 0 Å². The first-order valence-corrected chi connectivity index (χ1v) is 7.84. The molecule has 0 N–H and O–H groups in total. The van der Waals surface area contributed by atoms with E-state index in [1.165, 1.54) is 11.1 Å². The smallest absolute Gasteiger partial charge is 0.136 e. The van der Waals surface area contributed by atoms with Crippen molar-refractivity contribution in [2.75, 3.05) is 0 Å². The molecule has 0 atom stereocenters. The van der Waals surface area contributed by atoms with Crippen molar-refractivity contribution in [1.82, 2.24) is 19.1 Å². The van der Waals surface area contributed by atoms with E-state index in [9.17, 15) is 0 Å². The van der Waals surface area contributed by atoms with Gasteiger partial charge in [-0.3, -0.25) is 0 Å². The molecule has 4 nitrogen and oxygen atoms in total. The van der Waals surface area contributed by atoms with Crippen LogP contribution in [-0.4, -0.2) is 19.1 Å². The molecule has 24 heavy (non-hydrogen) atoms. The minimum absolute atomic E-state index is 0.964. The predicted octanol–water partition coefficient (Wildman–Crippen LogP) is 4.36. The Balaban J connectivity index is 0.000000141. The second-order valence-corrected chi connectivity index (χ2v) is 5.57. The number of aryl methyl sites for hydroxylation is 2. The molecule has 0 fully saturated rings. The summed E-state index contributed by atoms with van der Waals surface area (Å²) < 4.78 is 3.98. The van der Waals surface area contributed by atoms with Crippen molar-refractivity contribution in [2.24, 2.45) is 0 Å². The van der Waals surface area contributed by atoms with Crippen LogP contribution in [0, 0.1) is 13.8 Å². The van der Waals surface area contributed by atoms with Gasteiger partial charge in [0.2, 0.25) is 0 Å². The van der Waals surface area contributed by atoms with Gasteiger partial charge in [0.25, 0.3) is 0 Å².